The van der Waals surface area contributed by atoms with E-state index in [4.69, 9.17) is 4.74 Å². The van der Waals surface area contributed by atoms with Crippen LogP contribution in [0.4, 0.5) is 0 Å². The Bertz CT molecular complexity index is 476. The number of hydrogen-bond acceptors (Lipinski definition) is 3. The van der Waals surface area contributed by atoms with Gasteiger partial charge in [-0.05, 0) is 36.5 Å². The lowest BCUT2D eigenvalue weighted by atomic mass is 9.97. The lowest BCUT2D eigenvalue weighted by molar-refractivity contribution is -0.138. The molecule has 0 saturated carbocycles. The van der Waals surface area contributed by atoms with Crippen LogP contribution in [0.15, 0.2) is 24.3 Å². The SMILES string of the molecule is C=C(C)C(=O)OCCc1cc(CCC)c(O)c(CCC)c1. The van der Waals surface area contributed by atoms with Crippen molar-refractivity contribution in [3.8, 4) is 5.75 Å². The molecule has 3 nitrogen and oxygen atoms in total. The topological polar surface area (TPSA) is 46.5 Å². The fourth-order valence-electron chi connectivity index (χ4n) is 2.28. The van der Waals surface area contributed by atoms with Crippen molar-refractivity contribution >= 4 is 5.97 Å². The molecular weight excluding hydrogens is 264 g/mol. The molecule has 1 aromatic rings. The maximum absolute atomic E-state index is 11.4. The van der Waals surface area contributed by atoms with Gasteiger partial charge in [-0.1, -0.05) is 45.4 Å². The molecule has 0 aliphatic carbocycles. The van der Waals surface area contributed by atoms with E-state index in [-0.39, 0.29) is 5.97 Å². The number of carbonyl (C=O) groups excluding carboxylic acids is 1. The van der Waals surface area contributed by atoms with E-state index in [1.54, 1.807) is 6.92 Å². The minimum absolute atomic E-state index is 0.341. The van der Waals surface area contributed by atoms with Gasteiger partial charge in [0, 0.05) is 12.0 Å². The van der Waals surface area contributed by atoms with E-state index in [0.29, 0.717) is 24.4 Å². The molecule has 0 unspecified atom stereocenters. The number of aromatic hydroxyl groups is 1. The summed E-state index contributed by atoms with van der Waals surface area (Å²) in [5.41, 5.74) is 3.50. The van der Waals surface area contributed by atoms with Crippen LogP contribution >= 0.6 is 0 Å². The van der Waals surface area contributed by atoms with Crippen molar-refractivity contribution in [3.05, 3.63) is 41.0 Å². The summed E-state index contributed by atoms with van der Waals surface area (Å²) < 4.78 is 5.14. The van der Waals surface area contributed by atoms with E-state index >= 15 is 0 Å². The van der Waals surface area contributed by atoms with E-state index in [9.17, 15) is 9.90 Å². The van der Waals surface area contributed by atoms with Crippen LogP contribution in [0.3, 0.4) is 0 Å². The zero-order chi connectivity index (χ0) is 15.8. The van der Waals surface area contributed by atoms with E-state index in [1.165, 1.54) is 0 Å². The van der Waals surface area contributed by atoms with Crippen molar-refractivity contribution in [2.24, 2.45) is 0 Å². The first-order valence-electron chi connectivity index (χ1n) is 7.65. The van der Waals surface area contributed by atoms with Gasteiger partial charge in [0.2, 0.25) is 0 Å². The van der Waals surface area contributed by atoms with Crippen LogP contribution < -0.4 is 0 Å². The third-order valence-corrected chi connectivity index (χ3v) is 3.34. The van der Waals surface area contributed by atoms with Crippen molar-refractivity contribution < 1.29 is 14.6 Å². The summed E-state index contributed by atoms with van der Waals surface area (Å²) in [6, 6.07) is 4.04. The third kappa shape index (κ3) is 5.25. The van der Waals surface area contributed by atoms with Crippen molar-refractivity contribution in [1.82, 2.24) is 0 Å². The zero-order valence-corrected chi connectivity index (χ0v) is 13.4. The molecule has 21 heavy (non-hydrogen) atoms. The number of aryl methyl sites for hydroxylation is 2. The Morgan fingerprint density at radius 1 is 1.14 bits per heavy atom. The minimum Gasteiger partial charge on any atom is -0.507 e. The number of ether oxygens (including phenoxy) is 1. The Morgan fingerprint density at radius 3 is 2.10 bits per heavy atom. The van der Waals surface area contributed by atoms with Crippen LogP contribution in [0.2, 0.25) is 0 Å². The highest BCUT2D eigenvalue weighted by Crippen LogP contribution is 2.27. The third-order valence-electron chi connectivity index (χ3n) is 3.34. The zero-order valence-electron chi connectivity index (χ0n) is 13.4. The van der Waals surface area contributed by atoms with Crippen LogP contribution in [-0.2, 0) is 28.8 Å². The monoisotopic (exact) mass is 290 g/mol. The van der Waals surface area contributed by atoms with Crippen molar-refractivity contribution in [2.75, 3.05) is 6.61 Å². The molecule has 116 valence electrons. The molecule has 0 fully saturated rings. The van der Waals surface area contributed by atoms with Gasteiger partial charge in [0.05, 0.1) is 6.61 Å². The smallest absolute Gasteiger partial charge is 0.333 e. The molecule has 0 radical (unpaired) electrons. The molecule has 3 heteroatoms. The molecule has 0 saturated heterocycles. The lowest BCUT2D eigenvalue weighted by Gasteiger charge is -2.13. The number of rotatable bonds is 8. The predicted octanol–water partition coefficient (Wildman–Crippen LogP) is 3.96. The molecule has 1 rings (SSSR count). The Kier molecular flexibility index (Phi) is 7.00. The highest BCUT2D eigenvalue weighted by molar-refractivity contribution is 5.86. The highest BCUT2D eigenvalue weighted by atomic mass is 16.5. The molecule has 0 aromatic heterocycles. The number of benzene rings is 1. The van der Waals surface area contributed by atoms with E-state index in [2.05, 4.69) is 20.4 Å². The van der Waals surface area contributed by atoms with Gasteiger partial charge in [0.15, 0.2) is 0 Å². The quantitative estimate of drug-likeness (QED) is 0.582. The molecule has 0 heterocycles. The fraction of sp³-hybridized carbons (Fsp3) is 0.500. The van der Waals surface area contributed by atoms with Crippen molar-refractivity contribution in [3.63, 3.8) is 0 Å². The van der Waals surface area contributed by atoms with E-state index in [0.717, 1.165) is 42.4 Å². The molecule has 0 aliphatic rings. The largest absolute Gasteiger partial charge is 0.507 e. The standard InChI is InChI=1S/C18H26O3/c1-5-7-15-11-14(9-10-21-18(20)13(3)4)12-16(8-6-2)17(15)19/h11-12,19H,3,5-10H2,1-2,4H3. The van der Waals surface area contributed by atoms with Crippen LogP contribution in [0, 0.1) is 0 Å². The predicted molar refractivity (Wildman–Crippen MR) is 85.6 cm³/mol. The molecule has 0 bridgehead atoms. The summed E-state index contributed by atoms with van der Waals surface area (Å²) in [5.74, 6) is 0.0812. The molecule has 0 spiro atoms. The summed E-state index contributed by atoms with van der Waals surface area (Å²) in [4.78, 5) is 11.4. The maximum atomic E-state index is 11.4. The second-order valence-corrected chi connectivity index (χ2v) is 5.43. The van der Waals surface area contributed by atoms with Gasteiger partial charge in [-0.2, -0.15) is 0 Å². The maximum Gasteiger partial charge on any atom is 0.333 e. The van der Waals surface area contributed by atoms with Gasteiger partial charge >= 0.3 is 5.97 Å². The molecule has 0 amide bonds. The Morgan fingerprint density at radius 2 is 1.67 bits per heavy atom. The highest BCUT2D eigenvalue weighted by Gasteiger charge is 2.10. The average molecular weight is 290 g/mol. The summed E-state index contributed by atoms with van der Waals surface area (Å²) in [6.07, 6.45) is 4.37. The van der Waals surface area contributed by atoms with Gasteiger partial charge in [0.1, 0.15) is 5.75 Å². The van der Waals surface area contributed by atoms with Crippen LogP contribution in [0.5, 0.6) is 5.75 Å². The number of carbonyl (C=O) groups is 1. The number of hydrogen-bond donors (Lipinski definition) is 1. The molecule has 1 aromatic carbocycles. The summed E-state index contributed by atoms with van der Waals surface area (Å²) in [6.45, 7) is 9.74. The Labute approximate surface area is 127 Å². The van der Waals surface area contributed by atoms with Crippen LogP contribution in [0.25, 0.3) is 0 Å². The Hall–Kier alpha value is -1.77. The molecule has 0 atom stereocenters. The summed E-state index contributed by atoms with van der Waals surface area (Å²) >= 11 is 0. The normalized spacial score (nSPS) is 10.4. The summed E-state index contributed by atoms with van der Waals surface area (Å²) in [7, 11) is 0. The van der Waals surface area contributed by atoms with Crippen molar-refractivity contribution in [1.29, 1.82) is 0 Å². The van der Waals surface area contributed by atoms with Gasteiger partial charge in [-0.15, -0.1) is 0 Å². The molecule has 0 aliphatic heterocycles. The van der Waals surface area contributed by atoms with Crippen LogP contribution in [-0.4, -0.2) is 17.7 Å². The number of esters is 1. The van der Waals surface area contributed by atoms with Gasteiger partial charge in [-0.3, -0.25) is 0 Å². The number of phenolic OH excluding ortho intramolecular Hbond substituents is 1. The second-order valence-electron chi connectivity index (χ2n) is 5.43. The van der Waals surface area contributed by atoms with Gasteiger partial charge in [-0.25, -0.2) is 4.79 Å². The van der Waals surface area contributed by atoms with Gasteiger partial charge < -0.3 is 9.84 Å². The first-order valence-corrected chi connectivity index (χ1v) is 7.65. The molecule has 1 N–H and O–H groups in total. The van der Waals surface area contributed by atoms with Crippen LogP contribution in [0.1, 0.15) is 50.3 Å². The van der Waals surface area contributed by atoms with E-state index in [1.807, 2.05) is 12.1 Å². The number of phenols is 1. The minimum atomic E-state index is -0.351. The first kappa shape index (κ1) is 17.3. The average Bonchev–Trinajstić information content (AvgIpc) is 2.44. The van der Waals surface area contributed by atoms with Crippen molar-refractivity contribution in [2.45, 2.75) is 52.9 Å². The Balaban J connectivity index is 2.81. The summed E-state index contributed by atoms with van der Waals surface area (Å²) in [5, 5.41) is 10.3. The second kappa shape index (κ2) is 8.50. The molecular formula is C18H26O3. The fourth-order valence-corrected chi connectivity index (χ4v) is 2.28. The van der Waals surface area contributed by atoms with E-state index < -0.39 is 0 Å². The first-order chi connectivity index (χ1) is 9.99. The lowest BCUT2D eigenvalue weighted by Crippen LogP contribution is -2.08. The van der Waals surface area contributed by atoms with Gasteiger partial charge in [0.25, 0.3) is 0 Å².